The third kappa shape index (κ3) is 4.31. The summed E-state index contributed by atoms with van der Waals surface area (Å²) in [6.07, 6.45) is 0.166. The van der Waals surface area contributed by atoms with Gasteiger partial charge in [0.15, 0.2) is 6.10 Å². The molecule has 0 bridgehead atoms. The minimum atomic E-state index is -1.27. The van der Waals surface area contributed by atoms with E-state index >= 15 is 0 Å². The van der Waals surface area contributed by atoms with Gasteiger partial charge in [-0.25, -0.2) is 5.43 Å². The van der Waals surface area contributed by atoms with Crippen LogP contribution in [0.25, 0.3) is 0 Å². The Bertz CT molecular complexity index is 686. The first-order chi connectivity index (χ1) is 11.2. The van der Waals surface area contributed by atoms with E-state index < -0.39 is 12.0 Å². The van der Waals surface area contributed by atoms with Crippen LogP contribution in [0.2, 0.25) is 0 Å². The SMILES string of the molecule is COc1ccc(/C=N\NC(=O)[C@H](O)c2ccccc2)c(OC)c1. The Labute approximate surface area is 134 Å². The number of aliphatic hydroxyl groups is 1. The molecule has 1 amide bonds. The Morgan fingerprint density at radius 3 is 2.57 bits per heavy atom. The Kier molecular flexibility index (Phi) is 5.71. The highest BCUT2D eigenvalue weighted by molar-refractivity contribution is 5.87. The van der Waals surface area contributed by atoms with Gasteiger partial charge in [0.2, 0.25) is 0 Å². The summed E-state index contributed by atoms with van der Waals surface area (Å²) in [4.78, 5) is 11.9. The summed E-state index contributed by atoms with van der Waals surface area (Å²) in [6.45, 7) is 0. The lowest BCUT2D eigenvalue weighted by molar-refractivity contribution is -0.129. The Morgan fingerprint density at radius 1 is 1.17 bits per heavy atom. The molecule has 6 heteroatoms. The minimum absolute atomic E-state index is 0.502. The molecule has 0 radical (unpaired) electrons. The zero-order valence-electron chi connectivity index (χ0n) is 12.9. The van der Waals surface area contributed by atoms with Crippen LogP contribution in [0.4, 0.5) is 0 Å². The molecule has 120 valence electrons. The van der Waals surface area contributed by atoms with Gasteiger partial charge >= 0.3 is 0 Å². The van der Waals surface area contributed by atoms with Crippen molar-refractivity contribution in [1.29, 1.82) is 0 Å². The normalized spacial score (nSPS) is 12.0. The van der Waals surface area contributed by atoms with E-state index in [4.69, 9.17) is 9.47 Å². The lowest BCUT2D eigenvalue weighted by Gasteiger charge is -2.09. The molecule has 0 aliphatic rings. The zero-order chi connectivity index (χ0) is 16.7. The number of aliphatic hydroxyl groups excluding tert-OH is 1. The number of carbonyl (C=O) groups excluding carboxylic acids is 1. The van der Waals surface area contributed by atoms with Crippen LogP contribution in [0, 0.1) is 0 Å². The van der Waals surface area contributed by atoms with Gasteiger partial charge in [0, 0.05) is 11.6 Å². The van der Waals surface area contributed by atoms with E-state index in [1.807, 2.05) is 6.07 Å². The standard InChI is InChI=1S/C17H18N2O4/c1-22-14-9-8-13(15(10-14)23-2)11-18-19-17(21)16(20)12-6-4-3-5-7-12/h3-11,16,20H,1-2H3,(H,19,21)/b18-11-/t16-/m1/s1. The van der Waals surface area contributed by atoms with Crippen molar-refractivity contribution in [3.63, 3.8) is 0 Å². The van der Waals surface area contributed by atoms with E-state index in [0.29, 0.717) is 22.6 Å². The highest BCUT2D eigenvalue weighted by Gasteiger charge is 2.16. The van der Waals surface area contributed by atoms with Crippen LogP contribution in [-0.2, 0) is 4.79 Å². The number of rotatable bonds is 6. The lowest BCUT2D eigenvalue weighted by Crippen LogP contribution is -2.25. The molecule has 0 saturated carbocycles. The largest absolute Gasteiger partial charge is 0.497 e. The molecule has 0 aliphatic heterocycles. The number of hydrogen-bond acceptors (Lipinski definition) is 5. The van der Waals surface area contributed by atoms with Crippen LogP contribution >= 0.6 is 0 Å². The molecule has 0 unspecified atom stereocenters. The molecule has 0 saturated heterocycles. The van der Waals surface area contributed by atoms with Crippen LogP contribution < -0.4 is 14.9 Å². The molecule has 2 aromatic rings. The molecule has 0 spiro atoms. The summed E-state index contributed by atoms with van der Waals surface area (Å²) in [5, 5.41) is 13.8. The van der Waals surface area contributed by atoms with Crippen LogP contribution in [0.15, 0.2) is 53.6 Å². The van der Waals surface area contributed by atoms with Crippen LogP contribution in [0.3, 0.4) is 0 Å². The molecule has 0 heterocycles. The van der Waals surface area contributed by atoms with Crippen molar-refractivity contribution in [1.82, 2.24) is 5.43 Å². The van der Waals surface area contributed by atoms with Gasteiger partial charge in [-0.1, -0.05) is 30.3 Å². The Hall–Kier alpha value is -2.86. The Morgan fingerprint density at radius 2 is 1.91 bits per heavy atom. The molecule has 2 N–H and O–H groups in total. The van der Waals surface area contributed by atoms with Crippen LogP contribution in [-0.4, -0.2) is 31.4 Å². The van der Waals surface area contributed by atoms with E-state index in [-0.39, 0.29) is 0 Å². The Balaban J connectivity index is 2.02. The number of methoxy groups -OCH3 is 2. The van der Waals surface area contributed by atoms with Crippen molar-refractivity contribution >= 4 is 12.1 Å². The van der Waals surface area contributed by atoms with Crippen LogP contribution in [0.1, 0.15) is 17.2 Å². The monoisotopic (exact) mass is 314 g/mol. The summed E-state index contributed by atoms with van der Waals surface area (Å²) >= 11 is 0. The molecule has 0 aliphatic carbocycles. The summed E-state index contributed by atoms with van der Waals surface area (Å²) < 4.78 is 10.3. The second-order valence-electron chi connectivity index (χ2n) is 4.66. The topological polar surface area (TPSA) is 80.2 Å². The molecule has 2 aromatic carbocycles. The molecule has 2 rings (SSSR count). The number of amides is 1. The van der Waals surface area contributed by atoms with Gasteiger partial charge in [0.25, 0.3) is 5.91 Å². The van der Waals surface area contributed by atoms with Crippen molar-refractivity contribution in [2.75, 3.05) is 14.2 Å². The maximum absolute atomic E-state index is 11.9. The first-order valence-electron chi connectivity index (χ1n) is 6.93. The number of hydrogen-bond donors (Lipinski definition) is 2. The van der Waals surface area contributed by atoms with E-state index in [1.54, 1.807) is 49.6 Å². The number of ether oxygens (including phenoxy) is 2. The maximum Gasteiger partial charge on any atom is 0.273 e. The molecule has 1 atom stereocenters. The summed E-state index contributed by atoms with van der Waals surface area (Å²) in [6, 6.07) is 13.9. The van der Waals surface area contributed by atoms with Crippen molar-refractivity contribution in [3.05, 3.63) is 59.7 Å². The molecule has 23 heavy (non-hydrogen) atoms. The van der Waals surface area contributed by atoms with Crippen molar-refractivity contribution in [2.45, 2.75) is 6.10 Å². The summed E-state index contributed by atoms with van der Waals surface area (Å²) in [5.74, 6) is 0.605. The highest BCUT2D eigenvalue weighted by Crippen LogP contribution is 2.23. The van der Waals surface area contributed by atoms with E-state index in [0.717, 1.165) is 0 Å². The quantitative estimate of drug-likeness (QED) is 0.630. The highest BCUT2D eigenvalue weighted by atomic mass is 16.5. The minimum Gasteiger partial charge on any atom is -0.497 e. The fraction of sp³-hybridized carbons (Fsp3) is 0.176. The smallest absolute Gasteiger partial charge is 0.273 e. The van der Waals surface area contributed by atoms with Crippen LogP contribution in [0.5, 0.6) is 11.5 Å². The maximum atomic E-state index is 11.9. The third-order valence-electron chi connectivity index (χ3n) is 3.18. The number of hydrazone groups is 1. The van der Waals surface area contributed by atoms with Gasteiger partial charge in [-0.3, -0.25) is 4.79 Å². The average molecular weight is 314 g/mol. The van der Waals surface area contributed by atoms with E-state index in [9.17, 15) is 9.90 Å². The molecule has 0 fully saturated rings. The van der Waals surface area contributed by atoms with Gasteiger partial charge in [-0.15, -0.1) is 0 Å². The predicted molar refractivity (Wildman–Crippen MR) is 86.7 cm³/mol. The van der Waals surface area contributed by atoms with Crippen molar-refractivity contribution < 1.29 is 19.4 Å². The van der Waals surface area contributed by atoms with Gasteiger partial charge in [-0.05, 0) is 17.7 Å². The van der Waals surface area contributed by atoms with Gasteiger partial charge in [-0.2, -0.15) is 5.10 Å². The first kappa shape index (κ1) is 16.5. The first-order valence-corrected chi connectivity index (χ1v) is 6.93. The molecular weight excluding hydrogens is 296 g/mol. The van der Waals surface area contributed by atoms with Gasteiger partial charge in [0.05, 0.1) is 20.4 Å². The third-order valence-corrected chi connectivity index (χ3v) is 3.18. The second kappa shape index (κ2) is 7.95. The summed E-state index contributed by atoms with van der Waals surface area (Å²) in [7, 11) is 3.09. The number of nitrogens with one attached hydrogen (secondary N) is 1. The molecule has 6 nitrogen and oxygen atoms in total. The fourth-order valence-corrected chi connectivity index (χ4v) is 1.94. The summed E-state index contributed by atoms with van der Waals surface area (Å²) in [5.41, 5.74) is 3.47. The van der Waals surface area contributed by atoms with Crippen molar-refractivity contribution in [2.24, 2.45) is 5.10 Å². The van der Waals surface area contributed by atoms with Crippen molar-refractivity contribution in [3.8, 4) is 11.5 Å². The van der Waals surface area contributed by atoms with Gasteiger partial charge < -0.3 is 14.6 Å². The van der Waals surface area contributed by atoms with E-state index in [1.165, 1.54) is 13.3 Å². The van der Waals surface area contributed by atoms with E-state index in [2.05, 4.69) is 10.5 Å². The molecule has 0 aromatic heterocycles. The lowest BCUT2D eigenvalue weighted by atomic mass is 10.1. The zero-order valence-corrected chi connectivity index (χ0v) is 12.9. The predicted octanol–water partition coefficient (Wildman–Crippen LogP) is 1.89. The molecular formula is C17H18N2O4. The number of nitrogens with zero attached hydrogens (tertiary/aromatic N) is 1. The van der Waals surface area contributed by atoms with Gasteiger partial charge in [0.1, 0.15) is 11.5 Å². The number of benzene rings is 2. The number of carbonyl (C=O) groups is 1. The fourth-order valence-electron chi connectivity index (χ4n) is 1.94. The second-order valence-corrected chi connectivity index (χ2v) is 4.66. The average Bonchev–Trinajstić information content (AvgIpc) is 2.61.